The standard InChI is InChI=1S/C19H18F2N2/c20-13-7-5-12(6-8-13)19-18(15-11-22-10-9-16(15)21)14-3-1-2-4-17(14)23-19/h1-8,15-16,22-23H,9-11H2. The molecule has 0 spiro atoms. The van der Waals surface area contributed by atoms with E-state index in [2.05, 4.69) is 10.3 Å². The summed E-state index contributed by atoms with van der Waals surface area (Å²) < 4.78 is 27.8. The van der Waals surface area contributed by atoms with Crippen molar-refractivity contribution in [2.75, 3.05) is 13.1 Å². The molecule has 0 amide bonds. The highest BCUT2D eigenvalue weighted by Gasteiger charge is 2.30. The number of rotatable bonds is 2. The fourth-order valence-electron chi connectivity index (χ4n) is 3.50. The summed E-state index contributed by atoms with van der Waals surface area (Å²) in [6.45, 7) is 1.34. The monoisotopic (exact) mass is 312 g/mol. The van der Waals surface area contributed by atoms with Gasteiger partial charge in [0.1, 0.15) is 12.0 Å². The fourth-order valence-corrected chi connectivity index (χ4v) is 3.50. The summed E-state index contributed by atoms with van der Waals surface area (Å²) >= 11 is 0. The summed E-state index contributed by atoms with van der Waals surface area (Å²) in [7, 11) is 0. The highest BCUT2D eigenvalue weighted by Crippen LogP contribution is 2.39. The Bertz CT molecular complexity index is 823. The lowest BCUT2D eigenvalue weighted by Crippen LogP contribution is -2.36. The summed E-state index contributed by atoms with van der Waals surface area (Å²) in [6, 6.07) is 14.3. The molecule has 23 heavy (non-hydrogen) atoms. The molecule has 1 aromatic heterocycles. The van der Waals surface area contributed by atoms with Crippen molar-refractivity contribution in [3.05, 3.63) is 59.9 Å². The zero-order chi connectivity index (χ0) is 15.8. The van der Waals surface area contributed by atoms with Crippen LogP contribution in [0.25, 0.3) is 22.2 Å². The largest absolute Gasteiger partial charge is 0.354 e. The minimum Gasteiger partial charge on any atom is -0.354 e. The van der Waals surface area contributed by atoms with Gasteiger partial charge in [0.2, 0.25) is 0 Å². The number of nitrogens with one attached hydrogen (secondary N) is 2. The number of H-pyrrole nitrogens is 1. The van der Waals surface area contributed by atoms with Crippen LogP contribution in [0.2, 0.25) is 0 Å². The van der Waals surface area contributed by atoms with Gasteiger partial charge < -0.3 is 10.3 Å². The van der Waals surface area contributed by atoms with E-state index in [1.165, 1.54) is 12.1 Å². The van der Waals surface area contributed by atoms with E-state index in [0.29, 0.717) is 19.5 Å². The third kappa shape index (κ3) is 2.53. The van der Waals surface area contributed by atoms with Crippen LogP contribution >= 0.6 is 0 Å². The molecule has 1 aliphatic rings. The Labute approximate surface area is 133 Å². The van der Waals surface area contributed by atoms with Gasteiger partial charge in [-0.1, -0.05) is 18.2 Å². The molecule has 0 aliphatic carbocycles. The molecular weight excluding hydrogens is 294 g/mol. The number of fused-ring (bicyclic) bond motifs is 1. The van der Waals surface area contributed by atoms with Gasteiger partial charge in [-0.05, 0) is 54.4 Å². The van der Waals surface area contributed by atoms with Crippen molar-refractivity contribution in [3.8, 4) is 11.3 Å². The van der Waals surface area contributed by atoms with Crippen LogP contribution in [0, 0.1) is 5.82 Å². The molecule has 1 aliphatic heterocycles. The Kier molecular flexibility index (Phi) is 3.62. The SMILES string of the molecule is Fc1ccc(-c2[nH]c3ccccc3c2C2CNCCC2F)cc1. The van der Waals surface area contributed by atoms with E-state index in [1.807, 2.05) is 24.3 Å². The predicted octanol–water partition coefficient (Wildman–Crippen LogP) is 4.39. The number of para-hydroxylation sites is 1. The first-order valence-electron chi connectivity index (χ1n) is 7.95. The van der Waals surface area contributed by atoms with E-state index < -0.39 is 6.17 Å². The number of aromatic amines is 1. The van der Waals surface area contributed by atoms with E-state index in [-0.39, 0.29) is 11.7 Å². The van der Waals surface area contributed by atoms with Crippen molar-refractivity contribution >= 4 is 10.9 Å². The smallest absolute Gasteiger partial charge is 0.123 e. The van der Waals surface area contributed by atoms with Gasteiger partial charge in [0.25, 0.3) is 0 Å². The number of benzene rings is 2. The van der Waals surface area contributed by atoms with Gasteiger partial charge in [-0.3, -0.25) is 0 Å². The van der Waals surface area contributed by atoms with E-state index in [4.69, 9.17) is 0 Å². The molecule has 4 rings (SSSR count). The molecule has 2 unspecified atom stereocenters. The van der Waals surface area contributed by atoms with Crippen LogP contribution in [0.4, 0.5) is 8.78 Å². The zero-order valence-corrected chi connectivity index (χ0v) is 12.7. The first-order chi connectivity index (χ1) is 11.2. The molecule has 1 fully saturated rings. The Morgan fingerprint density at radius 2 is 1.78 bits per heavy atom. The van der Waals surface area contributed by atoms with Crippen molar-refractivity contribution < 1.29 is 8.78 Å². The quantitative estimate of drug-likeness (QED) is 0.721. The maximum atomic E-state index is 14.6. The summed E-state index contributed by atoms with van der Waals surface area (Å²) in [5, 5.41) is 4.34. The third-order valence-corrected chi connectivity index (χ3v) is 4.65. The lowest BCUT2D eigenvalue weighted by Gasteiger charge is -2.27. The van der Waals surface area contributed by atoms with E-state index in [0.717, 1.165) is 27.7 Å². The molecule has 2 N–H and O–H groups in total. The Morgan fingerprint density at radius 1 is 1.00 bits per heavy atom. The molecule has 2 nitrogen and oxygen atoms in total. The van der Waals surface area contributed by atoms with Gasteiger partial charge in [-0.25, -0.2) is 8.78 Å². The van der Waals surface area contributed by atoms with Gasteiger partial charge in [0, 0.05) is 23.4 Å². The molecule has 3 aromatic rings. The molecule has 2 heterocycles. The van der Waals surface area contributed by atoms with Crippen molar-refractivity contribution in [2.24, 2.45) is 0 Å². The van der Waals surface area contributed by atoms with E-state index >= 15 is 0 Å². The molecule has 0 radical (unpaired) electrons. The molecule has 4 heteroatoms. The Hall–Kier alpha value is -2.20. The van der Waals surface area contributed by atoms with Crippen LogP contribution in [0.3, 0.4) is 0 Å². The van der Waals surface area contributed by atoms with Gasteiger partial charge in [-0.2, -0.15) is 0 Å². The maximum absolute atomic E-state index is 14.6. The lowest BCUT2D eigenvalue weighted by molar-refractivity contribution is 0.229. The van der Waals surface area contributed by atoms with Crippen molar-refractivity contribution in [1.29, 1.82) is 0 Å². The average molecular weight is 312 g/mol. The molecule has 1 saturated heterocycles. The second-order valence-electron chi connectivity index (χ2n) is 6.08. The van der Waals surface area contributed by atoms with E-state index in [1.54, 1.807) is 12.1 Å². The van der Waals surface area contributed by atoms with Crippen LogP contribution in [-0.4, -0.2) is 24.2 Å². The van der Waals surface area contributed by atoms with Crippen molar-refractivity contribution in [2.45, 2.75) is 18.5 Å². The number of alkyl halides is 1. The Balaban J connectivity index is 1.92. The molecular formula is C19H18F2N2. The first kappa shape index (κ1) is 14.4. The van der Waals surface area contributed by atoms with Crippen LogP contribution in [-0.2, 0) is 0 Å². The topological polar surface area (TPSA) is 27.8 Å². The third-order valence-electron chi connectivity index (χ3n) is 4.65. The summed E-state index contributed by atoms with van der Waals surface area (Å²) in [4.78, 5) is 3.40. The van der Waals surface area contributed by atoms with Gasteiger partial charge in [-0.15, -0.1) is 0 Å². The normalized spacial score (nSPS) is 21.7. The number of hydrogen-bond donors (Lipinski definition) is 2. The minimum atomic E-state index is -0.866. The van der Waals surface area contributed by atoms with Gasteiger partial charge in [0.05, 0.1) is 5.69 Å². The first-order valence-corrected chi connectivity index (χ1v) is 7.95. The molecule has 2 atom stereocenters. The van der Waals surface area contributed by atoms with Crippen LogP contribution in [0.5, 0.6) is 0 Å². The van der Waals surface area contributed by atoms with Crippen molar-refractivity contribution in [3.63, 3.8) is 0 Å². The van der Waals surface area contributed by atoms with Crippen LogP contribution in [0.15, 0.2) is 48.5 Å². The summed E-state index contributed by atoms with van der Waals surface area (Å²) in [5.41, 5.74) is 3.75. The number of aromatic nitrogens is 1. The summed E-state index contributed by atoms with van der Waals surface area (Å²) in [6.07, 6.45) is -0.345. The minimum absolute atomic E-state index is 0.194. The Morgan fingerprint density at radius 3 is 2.57 bits per heavy atom. The molecule has 118 valence electrons. The van der Waals surface area contributed by atoms with Crippen LogP contribution in [0.1, 0.15) is 17.9 Å². The predicted molar refractivity (Wildman–Crippen MR) is 88.8 cm³/mol. The number of hydrogen-bond acceptors (Lipinski definition) is 1. The highest BCUT2D eigenvalue weighted by atomic mass is 19.1. The molecule has 0 bridgehead atoms. The van der Waals surface area contributed by atoms with Crippen LogP contribution < -0.4 is 5.32 Å². The van der Waals surface area contributed by atoms with Gasteiger partial charge >= 0.3 is 0 Å². The second kappa shape index (κ2) is 5.78. The van der Waals surface area contributed by atoms with Crippen molar-refractivity contribution in [1.82, 2.24) is 10.3 Å². The second-order valence-corrected chi connectivity index (χ2v) is 6.08. The fraction of sp³-hybridized carbons (Fsp3) is 0.263. The molecule has 2 aromatic carbocycles. The van der Waals surface area contributed by atoms with Gasteiger partial charge in [0.15, 0.2) is 0 Å². The zero-order valence-electron chi connectivity index (χ0n) is 12.7. The summed E-state index contributed by atoms with van der Waals surface area (Å²) in [5.74, 6) is -0.464. The molecule has 0 saturated carbocycles. The number of halogens is 2. The average Bonchev–Trinajstić information content (AvgIpc) is 2.95. The maximum Gasteiger partial charge on any atom is 0.123 e. The number of piperidine rings is 1. The lowest BCUT2D eigenvalue weighted by atomic mass is 9.86. The van der Waals surface area contributed by atoms with E-state index in [9.17, 15) is 8.78 Å². The highest BCUT2D eigenvalue weighted by molar-refractivity contribution is 5.91.